The van der Waals surface area contributed by atoms with Gasteiger partial charge in [0, 0.05) is 23.7 Å². The number of likely N-dealkylation sites (tertiary alicyclic amines) is 1. The van der Waals surface area contributed by atoms with Crippen LogP contribution in [0.25, 0.3) is 22.6 Å². The zero-order chi connectivity index (χ0) is 19.1. The predicted octanol–water partition coefficient (Wildman–Crippen LogP) is 6.47. The van der Waals surface area contributed by atoms with Crippen molar-refractivity contribution in [2.75, 3.05) is 6.54 Å². The number of aromatic nitrogens is 1. The highest BCUT2D eigenvalue weighted by molar-refractivity contribution is 6.48. The van der Waals surface area contributed by atoms with Crippen LogP contribution in [-0.2, 0) is 0 Å². The van der Waals surface area contributed by atoms with Gasteiger partial charge in [0.25, 0.3) is 5.91 Å². The maximum Gasteiger partial charge on any atom is 0.254 e. The minimum atomic E-state index is 0.0335. The lowest BCUT2D eigenvalue weighted by atomic mass is 10.0. The number of nitrogens with zero attached hydrogens (tertiary/aromatic N) is 2. The molecule has 3 aromatic rings. The van der Waals surface area contributed by atoms with Crippen LogP contribution < -0.4 is 0 Å². The summed E-state index contributed by atoms with van der Waals surface area (Å²) in [5.74, 6) is 0.410. The fourth-order valence-corrected chi connectivity index (χ4v) is 4.02. The standard InChI is InChI=1S/C20H17Cl3N2O2/c1-11-4-2-3-7-25(11)20(26)12-5-6-17-16(10-12)24-19(27-17)13-8-14(21)18(23)15(22)9-13/h5-6,8-11H,2-4,7H2,1H3/t11-/m0/s1. The van der Waals surface area contributed by atoms with Crippen LogP contribution in [0.4, 0.5) is 0 Å². The Morgan fingerprint density at radius 3 is 2.59 bits per heavy atom. The first kappa shape index (κ1) is 18.6. The molecule has 4 nitrogen and oxygen atoms in total. The molecule has 0 bridgehead atoms. The minimum absolute atomic E-state index is 0.0335. The van der Waals surface area contributed by atoms with E-state index in [2.05, 4.69) is 11.9 Å². The second kappa shape index (κ2) is 7.34. The fraction of sp³-hybridized carbons (Fsp3) is 0.300. The molecule has 0 spiro atoms. The molecule has 1 amide bonds. The molecule has 1 fully saturated rings. The number of halogens is 3. The summed E-state index contributed by atoms with van der Waals surface area (Å²) in [5.41, 5.74) is 2.45. The summed E-state index contributed by atoms with van der Waals surface area (Å²) in [4.78, 5) is 19.3. The van der Waals surface area contributed by atoms with Gasteiger partial charge in [-0.25, -0.2) is 4.98 Å². The average molecular weight is 424 g/mol. The Hall–Kier alpha value is -1.75. The highest BCUT2D eigenvalue weighted by Gasteiger charge is 2.24. The van der Waals surface area contributed by atoms with Gasteiger partial charge in [0.05, 0.1) is 15.1 Å². The van der Waals surface area contributed by atoms with E-state index in [0.717, 1.165) is 19.4 Å². The second-order valence-electron chi connectivity index (χ2n) is 6.80. The van der Waals surface area contributed by atoms with Gasteiger partial charge in [0.15, 0.2) is 5.58 Å². The number of hydrogen-bond donors (Lipinski definition) is 0. The summed E-state index contributed by atoms with van der Waals surface area (Å²) in [6.07, 6.45) is 3.26. The van der Waals surface area contributed by atoms with E-state index in [4.69, 9.17) is 39.2 Å². The third-order valence-electron chi connectivity index (χ3n) is 4.93. The molecule has 7 heteroatoms. The van der Waals surface area contributed by atoms with Gasteiger partial charge in [-0.05, 0) is 56.5 Å². The highest BCUT2D eigenvalue weighted by atomic mass is 35.5. The first-order chi connectivity index (χ1) is 12.9. The van der Waals surface area contributed by atoms with Gasteiger partial charge in [-0.2, -0.15) is 0 Å². The smallest absolute Gasteiger partial charge is 0.254 e. The van der Waals surface area contributed by atoms with Crippen molar-refractivity contribution in [1.29, 1.82) is 0 Å². The number of rotatable bonds is 2. The molecule has 27 heavy (non-hydrogen) atoms. The summed E-state index contributed by atoms with van der Waals surface area (Å²) in [7, 11) is 0. The van der Waals surface area contributed by atoms with Crippen molar-refractivity contribution >= 4 is 51.8 Å². The number of carbonyl (C=O) groups excluding carboxylic acids is 1. The molecule has 0 aliphatic carbocycles. The van der Waals surface area contributed by atoms with Gasteiger partial charge in [-0.1, -0.05) is 34.8 Å². The van der Waals surface area contributed by atoms with Gasteiger partial charge in [0.1, 0.15) is 5.52 Å². The molecule has 1 aliphatic heterocycles. The van der Waals surface area contributed by atoms with E-state index >= 15 is 0 Å². The lowest BCUT2D eigenvalue weighted by molar-refractivity contribution is 0.0636. The number of amides is 1. The van der Waals surface area contributed by atoms with Crippen LogP contribution >= 0.6 is 34.8 Å². The zero-order valence-electron chi connectivity index (χ0n) is 14.6. The van der Waals surface area contributed by atoms with Gasteiger partial charge in [-0.3, -0.25) is 4.79 Å². The van der Waals surface area contributed by atoms with Crippen LogP contribution in [0.5, 0.6) is 0 Å². The maximum absolute atomic E-state index is 12.9. The Morgan fingerprint density at radius 2 is 1.89 bits per heavy atom. The third-order valence-corrected chi connectivity index (χ3v) is 6.13. The minimum Gasteiger partial charge on any atom is -0.436 e. The zero-order valence-corrected chi connectivity index (χ0v) is 16.9. The van der Waals surface area contributed by atoms with Crippen LogP contribution in [0.15, 0.2) is 34.7 Å². The maximum atomic E-state index is 12.9. The van der Waals surface area contributed by atoms with E-state index in [9.17, 15) is 4.79 Å². The molecule has 140 valence electrons. The molecule has 1 atom stereocenters. The van der Waals surface area contributed by atoms with E-state index < -0.39 is 0 Å². The van der Waals surface area contributed by atoms with Crippen molar-refractivity contribution in [2.45, 2.75) is 32.2 Å². The summed E-state index contributed by atoms with van der Waals surface area (Å²) in [6.45, 7) is 2.89. The lowest BCUT2D eigenvalue weighted by Gasteiger charge is -2.33. The molecule has 1 saturated heterocycles. The highest BCUT2D eigenvalue weighted by Crippen LogP contribution is 2.36. The number of hydrogen-bond acceptors (Lipinski definition) is 3. The Kier molecular flexibility index (Phi) is 5.06. The van der Waals surface area contributed by atoms with Gasteiger partial charge in [-0.15, -0.1) is 0 Å². The van der Waals surface area contributed by atoms with Crippen molar-refractivity contribution < 1.29 is 9.21 Å². The third kappa shape index (κ3) is 3.54. The number of benzene rings is 2. The molecule has 0 saturated carbocycles. The van der Waals surface area contributed by atoms with Gasteiger partial charge < -0.3 is 9.32 Å². The monoisotopic (exact) mass is 422 g/mol. The number of fused-ring (bicyclic) bond motifs is 1. The van der Waals surface area contributed by atoms with E-state index in [-0.39, 0.29) is 11.9 Å². The van der Waals surface area contributed by atoms with E-state index in [0.29, 0.717) is 43.2 Å². The van der Waals surface area contributed by atoms with Crippen LogP contribution in [0.2, 0.25) is 15.1 Å². The van der Waals surface area contributed by atoms with Crippen molar-refractivity contribution in [2.24, 2.45) is 0 Å². The summed E-state index contributed by atoms with van der Waals surface area (Å²) in [5, 5.41) is 0.953. The van der Waals surface area contributed by atoms with Gasteiger partial charge in [0.2, 0.25) is 5.89 Å². The number of carbonyl (C=O) groups is 1. The molecule has 1 aromatic heterocycles. The molecule has 4 rings (SSSR count). The van der Waals surface area contributed by atoms with Crippen LogP contribution in [0.1, 0.15) is 36.5 Å². The van der Waals surface area contributed by atoms with E-state index in [1.807, 2.05) is 4.90 Å². The van der Waals surface area contributed by atoms with Crippen molar-refractivity contribution in [3.05, 3.63) is 51.0 Å². The predicted molar refractivity (Wildman–Crippen MR) is 109 cm³/mol. The van der Waals surface area contributed by atoms with Crippen molar-refractivity contribution in [1.82, 2.24) is 9.88 Å². The molecular formula is C20H17Cl3N2O2. The molecule has 0 unspecified atom stereocenters. The number of piperidine rings is 1. The average Bonchev–Trinajstić information content (AvgIpc) is 3.09. The fourth-order valence-electron chi connectivity index (χ4n) is 3.43. The molecule has 2 aromatic carbocycles. The van der Waals surface area contributed by atoms with Gasteiger partial charge >= 0.3 is 0 Å². The summed E-state index contributed by atoms with van der Waals surface area (Å²) >= 11 is 18.2. The molecule has 0 radical (unpaired) electrons. The quantitative estimate of drug-likeness (QED) is 0.444. The second-order valence-corrected chi connectivity index (χ2v) is 7.99. The molecular weight excluding hydrogens is 407 g/mol. The lowest BCUT2D eigenvalue weighted by Crippen LogP contribution is -2.42. The SMILES string of the molecule is C[C@H]1CCCCN1C(=O)c1ccc2oc(-c3cc(Cl)c(Cl)c(Cl)c3)nc2c1. The summed E-state index contributed by atoms with van der Waals surface area (Å²) < 4.78 is 5.81. The largest absolute Gasteiger partial charge is 0.436 e. The Labute approximate surface area is 172 Å². The van der Waals surface area contributed by atoms with Crippen LogP contribution in [0.3, 0.4) is 0 Å². The molecule has 1 aliphatic rings. The summed E-state index contributed by atoms with van der Waals surface area (Å²) in [6, 6.07) is 8.89. The first-order valence-corrected chi connectivity index (χ1v) is 9.94. The Bertz CT molecular complexity index is 1010. The van der Waals surface area contributed by atoms with Crippen molar-refractivity contribution in [3.63, 3.8) is 0 Å². The Morgan fingerprint density at radius 1 is 1.15 bits per heavy atom. The molecule has 0 N–H and O–H groups in total. The Balaban J connectivity index is 1.69. The first-order valence-electron chi connectivity index (χ1n) is 8.80. The van der Waals surface area contributed by atoms with Crippen molar-refractivity contribution in [3.8, 4) is 11.5 Å². The van der Waals surface area contributed by atoms with Crippen LogP contribution in [-0.4, -0.2) is 28.4 Å². The van der Waals surface area contributed by atoms with Crippen LogP contribution in [0, 0.1) is 0 Å². The topological polar surface area (TPSA) is 46.3 Å². The van der Waals surface area contributed by atoms with E-state index in [1.54, 1.807) is 30.3 Å². The molecule has 2 heterocycles. The van der Waals surface area contributed by atoms with E-state index in [1.165, 1.54) is 6.42 Å². The number of oxazole rings is 1. The normalized spacial score (nSPS) is 17.5.